The average Bonchev–Trinajstić information content (AvgIpc) is 1.76. The number of hydrogen-bond donors (Lipinski definition) is 0. The summed E-state index contributed by atoms with van der Waals surface area (Å²) in [5, 5.41) is 5.97. The summed E-state index contributed by atoms with van der Waals surface area (Å²) in [6.07, 6.45) is 0. The molecule has 5 heavy (non-hydrogen) atoms. The van der Waals surface area contributed by atoms with Gasteiger partial charge in [0.15, 0.2) is 0 Å². The molecular weight excluding hydrogens is 72.0 g/mol. The highest BCUT2D eigenvalue weighted by molar-refractivity contribution is 3.96. The highest BCUT2D eigenvalue weighted by atomic mass is 16.9. The van der Waals surface area contributed by atoms with E-state index in [1.54, 1.807) is 0 Å². The first-order valence-electron chi connectivity index (χ1n) is 1.14. The lowest BCUT2D eigenvalue weighted by molar-refractivity contribution is 0.0295. The van der Waals surface area contributed by atoms with Crippen LogP contribution in [0.5, 0.6) is 0 Å². The van der Waals surface area contributed by atoms with Crippen LogP contribution in [0.1, 0.15) is 0 Å². The molecule has 0 radical (unpaired) electrons. The molecule has 1 aliphatic heterocycles. The molecule has 0 N–H and O–H groups in total. The highest BCUT2D eigenvalue weighted by Gasteiger charge is 1.86. The molecule has 0 spiro atoms. The molecule has 0 aromatic rings. The standard InChI is InChI=1S/CH2N2O2/c1-4-2-3-5-1/h1H2. The molecule has 1 heterocycles. The van der Waals surface area contributed by atoms with Crippen molar-refractivity contribution in [3.63, 3.8) is 0 Å². The molecule has 1 aliphatic rings. The van der Waals surface area contributed by atoms with E-state index in [2.05, 4.69) is 20.2 Å². The van der Waals surface area contributed by atoms with Gasteiger partial charge in [0.2, 0.25) is 0 Å². The number of rotatable bonds is 0. The van der Waals surface area contributed by atoms with Crippen molar-refractivity contribution in [3.05, 3.63) is 0 Å². The van der Waals surface area contributed by atoms with Gasteiger partial charge in [0.25, 0.3) is 6.79 Å². The quantitative estimate of drug-likeness (QED) is 0.414. The third-order valence-corrected chi connectivity index (χ3v) is 0.254. The Morgan fingerprint density at radius 2 is 1.80 bits per heavy atom. The highest BCUT2D eigenvalue weighted by Crippen LogP contribution is 1.89. The molecule has 4 nitrogen and oxygen atoms in total. The van der Waals surface area contributed by atoms with Crippen LogP contribution in [0.2, 0.25) is 0 Å². The fraction of sp³-hybridized carbons (Fsp3) is 1.00. The second-order valence-electron chi connectivity index (χ2n) is 0.539. The molecule has 0 aromatic carbocycles. The summed E-state index contributed by atoms with van der Waals surface area (Å²) in [6, 6.07) is 0. The van der Waals surface area contributed by atoms with Crippen molar-refractivity contribution < 1.29 is 9.68 Å². The van der Waals surface area contributed by atoms with Gasteiger partial charge >= 0.3 is 0 Å². The van der Waals surface area contributed by atoms with Crippen molar-refractivity contribution in [3.8, 4) is 0 Å². The molecule has 1 rings (SSSR count). The monoisotopic (exact) mass is 74.0 g/mol. The van der Waals surface area contributed by atoms with Gasteiger partial charge < -0.3 is 9.68 Å². The Bertz CT molecular complexity index is 45.6. The number of nitrogens with zero attached hydrogens (tertiary/aromatic N) is 2. The molecule has 28 valence electrons. The van der Waals surface area contributed by atoms with Gasteiger partial charge in [0.1, 0.15) is 0 Å². The molecule has 0 saturated heterocycles. The minimum absolute atomic E-state index is 0.167. The normalized spacial score (nSPS) is 17.6. The Labute approximate surface area is 28.3 Å². The van der Waals surface area contributed by atoms with Crippen molar-refractivity contribution in [2.45, 2.75) is 0 Å². The smallest absolute Gasteiger partial charge is 0.284 e. The van der Waals surface area contributed by atoms with Crippen molar-refractivity contribution >= 4 is 0 Å². The Balaban J connectivity index is 2.32. The van der Waals surface area contributed by atoms with Crippen LogP contribution in [0.15, 0.2) is 10.6 Å². The molecule has 0 saturated carbocycles. The van der Waals surface area contributed by atoms with E-state index in [-0.39, 0.29) is 6.79 Å². The Morgan fingerprint density at radius 3 is 2.00 bits per heavy atom. The van der Waals surface area contributed by atoms with Crippen LogP contribution in [-0.2, 0) is 9.68 Å². The van der Waals surface area contributed by atoms with Crippen molar-refractivity contribution in [2.24, 2.45) is 10.6 Å². The molecule has 4 heteroatoms. The van der Waals surface area contributed by atoms with Gasteiger partial charge in [-0.2, -0.15) is 0 Å². The molecule has 0 bridgehead atoms. The molecule has 0 unspecified atom stereocenters. The molecule has 0 aromatic heterocycles. The first kappa shape index (κ1) is 2.44. The first-order valence-corrected chi connectivity index (χ1v) is 1.14. The lowest BCUT2D eigenvalue weighted by atomic mass is 11.5. The lowest BCUT2D eigenvalue weighted by Crippen LogP contribution is -1.74. The van der Waals surface area contributed by atoms with Crippen LogP contribution >= 0.6 is 0 Å². The van der Waals surface area contributed by atoms with E-state index in [0.29, 0.717) is 0 Å². The van der Waals surface area contributed by atoms with E-state index in [9.17, 15) is 0 Å². The summed E-state index contributed by atoms with van der Waals surface area (Å²) in [5.74, 6) is 0. The Hall–Kier alpha value is -0.800. The summed E-state index contributed by atoms with van der Waals surface area (Å²) in [4.78, 5) is 8.36. The van der Waals surface area contributed by atoms with Crippen LogP contribution in [0.4, 0.5) is 0 Å². The fourth-order valence-electron chi connectivity index (χ4n) is 0.118. The summed E-state index contributed by atoms with van der Waals surface area (Å²) in [5.41, 5.74) is 0. The van der Waals surface area contributed by atoms with Gasteiger partial charge in [-0.25, -0.2) is 0 Å². The van der Waals surface area contributed by atoms with Crippen LogP contribution in [0, 0.1) is 0 Å². The topological polar surface area (TPSA) is 43.2 Å². The second kappa shape index (κ2) is 0.878. The maximum absolute atomic E-state index is 4.18. The minimum atomic E-state index is 0.167. The zero-order valence-electron chi connectivity index (χ0n) is 2.42. The van der Waals surface area contributed by atoms with E-state index in [4.69, 9.17) is 0 Å². The van der Waals surface area contributed by atoms with E-state index >= 15 is 0 Å². The average molecular weight is 74.0 g/mol. The van der Waals surface area contributed by atoms with Gasteiger partial charge in [-0.05, 0) is 0 Å². The SMILES string of the molecule is C1ON=NO1. The first-order chi connectivity index (χ1) is 2.50. The molecule has 0 fully saturated rings. The molecule has 0 atom stereocenters. The predicted octanol–water partition coefficient (Wildman–Crippen LogP) is 0.273. The maximum Gasteiger partial charge on any atom is 0.284 e. The lowest BCUT2D eigenvalue weighted by Gasteiger charge is -1.73. The third kappa shape index (κ3) is 0.261. The minimum Gasteiger partial charge on any atom is -0.332 e. The summed E-state index contributed by atoms with van der Waals surface area (Å²) >= 11 is 0. The van der Waals surface area contributed by atoms with E-state index in [0.717, 1.165) is 0 Å². The molecule has 0 amide bonds. The molecular formula is CH2N2O2. The zero-order chi connectivity index (χ0) is 3.54. The fourth-order valence-corrected chi connectivity index (χ4v) is 0.118. The van der Waals surface area contributed by atoms with E-state index < -0.39 is 0 Å². The van der Waals surface area contributed by atoms with Crippen LogP contribution in [0.25, 0.3) is 0 Å². The molecule has 0 aliphatic carbocycles. The Kier molecular flexibility index (Phi) is 0.428. The maximum atomic E-state index is 4.18. The van der Waals surface area contributed by atoms with Crippen molar-refractivity contribution in [1.82, 2.24) is 0 Å². The largest absolute Gasteiger partial charge is 0.332 e. The Morgan fingerprint density at radius 1 is 1.20 bits per heavy atom. The number of hydrogen-bond acceptors (Lipinski definition) is 4. The van der Waals surface area contributed by atoms with E-state index in [1.807, 2.05) is 0 Å². The van der Waals surface area contributed by atoms with Crippen LogP contribution in [0.3, 0.4) is 0 Å². The summed E-state index contributed by atoms with van der Waals surface area (Å²) in [7, 11) is 0. The van der Waals surface area contributed by atoms with E-state index in [1.165, 1.54) is 0 Å². The summed E-state index contributed by atoms with van der Waals surface area (Å²) < 4.78 is 0. The summed E-state index contributed by atoms with van der Waals surface area (Å²) in [6.45, 7) is 0.167. The van der Waals surface area contributed by atoms with Gasteiger partial charge in [-0.15, -0.1) is 0 Å². The second-order valence-corrected chi connectivity index (χ2v) is 0.539. The zero-order valence-corrected chi connectivity index (χ0v) is 2.42. The third-order valence-electron chi connectivity index (χ3n) is 0.254. The van der Waals surface area contributed by atoms with Crippen molar-refractivity contribution in [1.29, 1.82) is 0 Å². The van der Waals surface area contributed by atoms with Gasteiger partial charge in [0, 0.05) is 0 Å². The predicted molar refractivity (Wildman–Crippen MR) is 11.9 cm³/mol. The van der Waals surface area contributed by atoms with Crippen LogP contribution < -0.4 is 0 Å². The van der Waals surface area contributed by atoms with Crippen LogP contribution in [-0.4, -0.2) is 6.79 Å². The van der Waals surface area contributed by atoms with Gasteiger partial charge in [0.05, 0.1) is 10.6 Å². The van der Waals surface area contributed by atoms with Gasteiger partial charge in [-0.3, -0.25) is 0 Å². The van der Waals surface area contributed by atoms with Crippen molar-refractivity contribution in [2.75, 3.05) is 6.79 Å². The van der Waals surface area contributed by atoms with Gasteiger partial charge in [-0.1, -0.05) is 0 Å².